The van der Waals surface area contributed by atoms with E-state index >= 15 is 0 Å². The minimum Gasteiger partial charge on any atom is -0.368 e. The van der Waals surface area contributed by atoms with Crippen LogP contribution in [-0.2, 0) is 16.0 Å². The number of carbonyl (C=O) groups excluding carboxylic acids is 1. The number of benzene rings is 1. The smallest absolute Gasteiger partial charge is 0.249 e. The SMILES string of the molecule is O=C(N[C@@H]1CCCc2ccccc21)[C@H]1CCCO1. The van der Waals surface area contributed by atoms with Gasteiger partial charge in [-0.05, 0) is 43.2 Å². The summed E-state index contributed by atoms with van der Waals surface area (Å²) in [5.41, 5.74) is 2.66. The second-order valence-electron chi connectivity index (χ2n) is 5.15. The van der Waals surface area contributed by atoms with Crippen LogP contribution in [0.5, 0.6) is 0 Å². The zero-order valence-corrected chi connectivity index (χ0v) is 10.5. The molecule has 1 aliphatic heterocycles. The van der Waals surface area contributed by atoms with Crippen molar-refractivity contribution in [1.82, 2.24) is 5.32 Å². The third kappa shape index (κ3) is 2.27. The first-order valence-electron chi connectivity index (χ1n) is 6.84. The molecule has 1 aromatic carbocycles. The molecule has 0 unspecified atom stereocenters. The number of nitrogens with one attached hydrogen (secondary N) is 1. The van der Waals surface area contributed by atoms with Crippen molar-refractivity contribution in [3.8, 4) is 0 Å². The molecule has 3 heteroatoms. The van der Waals surface area contributed by atoms with Gasteiger partial charge in [-0.3, -0.25) is 4.79 Å². The van der Waals surface area contributed by atoms with Crippen LogP contribution in [0.25, 0.3) is 0 Å². The van der Waals surface area contributed by atoms with Gasteiger partial charge in [0.2, 0.25) is 5.91 Å². The molecule has 2 aliphatic rings. The van der Waals surface area contributed by atoms with Crippen molar-refractivity contribution in [2.75, 3.05) is 6.61 Å². The van der Waals surface area contributed by atoms with E-state index in [1.165, 1.54) is 11.1 Å². The van der Waals surface area contributed by atoms with Crippen LogP contribution < -0.4 is 5.32 Å². The molecule has 0 saturated carbocycles. The van der Waals surface area contributed by atoms with Gasteiger partial charge < -0.3 is 10.1 Å². The van der Waals surface area contributed by atoms with Gasteiger partial charge in [-0.15, -0.1) is 0 Å². The Bertz CT molecular complexity index is 438. The van der Waals surface area contributed by atoms with Gasteiger partial charge >= 0.3 is 0 Å². The summed E-state index contributed by atoms with van der Waals surface area (Å²) in [4.78, 5) is 12.1. The molecular weight excluding hydrogens is 226 g/mol. The molecule has 1 amide bonds. The van der Waals surface area contributed by atoms with Gasteiger partial charge in [0.15, 0.2) is 0 Å². The Morgan fingerprint density at radius 1 is 1.22 bits per heavy atom. The number of hydrogen-bond acceptors (Lipinski definition) is 2. The molecule has 0 spiro atoms. The third-order valence-corrected chi connectivity index (χ3v) is 3.91. The van der Waals surface area contributed by atoms with Crippen LogP contribution in [0.1, 0.15) is 42.9 Å². The number of hydrogen-bond donors (Lipinski definition) is 1. The zero-order chi connectivity index (χ0) is 12.4. The van der Waals surface area contributed by atoms with Crippen LogP contribution in [0.4, 0.5) is 0 Å². The summed E-state index contributed by atoms with van der Waals surface area (Å²) in [6, 6.07) is 8.60. The Labute approximate surface area is 108 Å². The molecule has 1 fully saturated rings. The number of rotatable bonds is 2. The first-order valence-corrected chi connectivity index (χ1v) is 6.84. The molecule has 1 saturated heterocycles. The van der Waals surface area contributed by atoms with Gasteiger partial charge in [-0.2, -0.15) is 0 Å². The van der Waals surface area contributed by atoms with Gasteiger partial charge in [-0.1, -0.05) is 24.3 Å². The number of aryl methyl sites for hydroxylation is 1. The number of amides is 1. The summed E-state index contributed by atoms with van der Waals surface area (Å²) in [6.45, 7) is 0.722. The molecule has 2 atom stereocenters. The molecule has 0 aromatic heterocycles. The quantitative estimate of drug-likeness (QED) is 0.868. The van der Waals surface area contributed by atoms with E-state index in [2.05, 4.69) is 29.6 Å². The van der Waals surface area contributed by atoms with Gasteiger partial charge in [-0.25, -0.2) is 0 Å². The van der Waals surface area contributed by atoms with Crippen molar-refractivity contribution in [3.63, 3.8) is 0 Å². The van der Waals surface area contributed by atoms with Crippen molar-refractivity contribution >= 4 is 5.91 Å². The predicted molar refractivity (Wildman–Crippen MR) is 69.2 cm³/mol. The summed E-state index contributed by atoms with van der Waals surface area (Å²) in [5.74, 6) is 0.0641. The van der Waals surface area contributed by atoms with Crippen LogP contribution in [0.15, 0.2) is 24.3 Å². The molecule has 1 aromatic rings. The van der Waals surface area contributed by atoms with Crippen molar-refractivity contribution in [3.05, 3.63) is 35.4 Å². The highest BCUT2D eigenvalue weighted by molar-refractivity contribution is 5.81. The van der Waals surface area contributed by atoms with Crippen molar-refractivity contribution in [1.29, 1.82) is 0 Å². The molecule has 0 bridgehead atoms. The number of fused-ring (bicyclic) bond motifs is 1. The number of ether oxygens (including phenoxy) is 1. The lowest BCUT2D eigenvalue weighted by molar-refractivity contribution is -0.130. The highest BCUT2D eigenvalue weighted by Gasteiger charge is 2.27. The molecule has 18 heavy (non-hydrogen) atoms. The van der Waals surface area contributed by atoms with E-state index in [0.717, 1.165) is 38.7 Å². The largest absolute Gasteiger partial charge is 0.368 e. The lowest BCUT2D eigenvalue weighted by Gasteiger charge is -2.27. The van der Waals surface area contributed by atoms with E-state index in [0.29, 0.717) is 0 Å². The molecule has 1 aliphatic carbocycles. The summed E-state index contributed by atoms with van der Waals surface area (Å²) in [6.07, 6.45) is 4.95. The predicted octanol–water partition coefficient (Wildman–Crippen LogP) is 2.36. The Kier molecular flexibility index (Phi) is 3.33. The molecule has 0 radical (unpaired) electrons. The highest BCUT2D eigenvalue weighted by atomic mass is 16.5. The minimum absolute atomic E-state index is 0.0641. The summed E-state index contributed by atoms with van der Waals surface area (Å²) < 4.78 is 5.43. The number of carbonyl (C=O) groups is 1. The summed E-state index contributed by atoms with van der Waals surface area (Å²) >= 11 is 0. The average Bonchev–Trinajstić information content (AvgIpc) is 2.93. The monoisotopic (exact) mass is 245 g/mol. The molecule has 3 nitrogen and oxygen atoms in total. The standard InChI is InChI=1S/C15H19NO2/c17-15(14-9-4-10-18-14)16-13-8-3-6-11-5-1-2-7-12(11)13/h1-2,5,7,13-14H,3-4,6,8-10H2,(H,16,17)/t13-,14-/m1/s1. The van der Waals surface area contributed by atoms with Crippen LogP contribution in [0.2, 0.25) is 0 Å². The van der Waals surface area contributed by atoms with Crippen molar-refractivity contribution in [2.45, 2.75) is 44.2 Å². The van der Waals surface area contributed by atoms with E-state index in [4.69, 9.17) is 4.74 Å². The second kappa shape index (κ2) is 5.11. The topological polar surface area (TPSA) is 38.3 Å². The lowest BCUT2D eigenvalue weighted by Crippen LogP contribution is -2.38. The highest BCUT2D eigenvalue weighted by Crippen LogP contribution is 2.29. The van der Waals surface area contributed by atoms with E-state index in [9.17, 15) is 4.79 Å². The fraction of sp³-hybridized carbons (Fsp3) is 0.533. The van der Waals surface area contributed by atoms with Crippen molar-refractivity contribution < 1.29 is 9.53 Å². The van der Waals surface area contributed by atoms with Crippen LogP contribution in [0.3, 0.4) is 0 Å². The maximum Gasteiger partial charge on any atom is 0.249 e. The van der Waals surface area contributed by atoms with E-state index in [1.807, 2.05) is 0 Å². The fourth-order valence-electron chi connectivity index (χ4n) is 2.95. The summed E-state index contributed by atoms with van der Waals surface area (Å²) in [5, 5.41) is 3.15. The first kappa shape index (κ1) is 11.7. The van der Waals surface area contributed by atoms with E-state index in [-0.39, 0.29) is 18.1 Å². The van der Waals surface area contributed by atoms with Gasteiger partial charge in [0.05, 0.1) is 6.04 Å². The van der Waals surface area contributed by atoms with Gasteiger partial charge in [0.1, 0.15) is 6.10 Å². The van der Waals surface area contributed by atoms with Crippen LogP contribution in [0, 0.1) is 0 Å². The Morgan fingerprint density at radius 2 is 2.11 bits per heavy atom. The van der Waals surface area contributed by atoms with Crippen LogP contribution in [-0.4, -0.2) is 18.6 Å². The normalized spacial score (nSPS) is 26.7. The average molecular weight is 245 g/mol. The fourth-order valence-corrected chi connectivity index (χ4v) is 2.95. The molecule has 96 valence electrons. The van der Waals surface area contributed by atoms with E-state index < -0.39 is 0 Å². The molecule has 1 heterocycles. The first-order chi connectivity index (χ1) is 8.84. The Morgan fingerprint density at radius 3 is 2.94 bits per heavy atom. The second-order valence-corrected chi connectivity index (χ2v) is 5.15. The third-order valence-electron chi connectivity index (χ3n) is 3.91. The van der Waals surface area contributed by atoms with Crippen molar-refractivity contribution in [2.24, 2.45) is 0 Å². The summed E-state index contributed by atoms with van der Waals surface area (Å²) in [7, 11) is 0. The maximum atomic E-state index is 12.1. The molecule has 1 N–H and O–H groups in total. The zero-order valence-electron chi connectivity index (χ0n) is 10.5. The minimum atomic E-state index is -0.223. The maximum absolute atomic E-state index is 12.1. The van der Waals surface area contributed by atoms with Gasteiger partial charge in [0, 0.05) is 6.61 Å². The molecular formula is C15H19NO2. The lowest BCUT2D eigenvalue weighted by atomic mass is 9.87. The van der Waals surface area contributed by atoms with E-state index in [1.54, 1.807) is 0 Å². The Balaban J connectivity index is 1.72. The van der Waals surface area contributed by atoms with Gasteiger partial charge in [0.25, 0.3) is 0 Å². The molecule has 3 rings (SSSR count). The Hall–Kier alpha value is -1.35. The van der Waals surface area contributed by atoms with Crippen LogP contribution >= 0.6 is 0 Å².